The first kappa shape index (κ1) is 20.4. The van der Waals surface area contributed by atoms with Gasteiger partial charge in [0.2, 0.25) is 0 Å². The lowest BCUT2D eigenvalue weighted by molar-refractivity contribution is -0.126. The molecule has 0 saturated carbocycles. The van der Waals surface area contributed by atoms with E-state index in [0.29, 0.717) is 22.9 Å². The molecule has 0 aliphatic heterocycles. The summed E-state index contributed by atoms with van der Waals surface area (Å²) in [5.74, 6) is 1.01. The molecule has 0 spiro atoms. The van der Waals surface area contributed by atoms with Crippen LogP contribution in [-0.4, -0.2) is 41.7 Å². The molecule has 1 atom stereocenters. The van der Waals surface area contributed by atoms with E-state index in [2.05, 4.69) is 10.0 Å². The topological polar surface area (TPSA) is 103 Å². The fourth-order valence-electron chi connectivity index (χ4n) is 2.27. The number of ether oxygens (including phenoxy) is 3. The highest BCUT2D eigenvalue weighted by Crippen LogP contribution is 2.30. The van der Waals surface area contributed by atoms with Gasteiger partial charge >= 0.3 is 0 Å². The van der Waals surface area contributed by atoms with Gasteiger partial charge in [-0.1, -0.05) is 0 Å². The molecule has 2 rings (SSSR count). The first-order chi connectivity index (χ1) is 12.8. The van der Waals surface area contributed by atoms with Crippen LogP contribution in [0.25, 0.3) is 0 Å². The van der Waals surface area contributed by atoms with Crippen molar-refractivity contribution in [2.24, 2.45) is 0 Å². The minimum absolute atomic E-state index is 0.0530. The molecule has 2 aromatic rings. The zero-order chi connectivity index (χ0) is 20.0. The molecule has 9 heteroatoms. The van der Waals surface area contributed by atoms with Gasteiger partial charge in [-0.05, 0) is 43.3 Å². The Labute approximate surface area is 158 Å². The molecule has 0 aliphatic rings. The van der Waals surface area contributed by atoms with Crippen LogP contribution >= 0.6 is 0 Å². The van der Waals surface area contributed by atoms with Gasteiger partial charge in [-0.25, -0.2) is 8.42 Å². The first-order valence-corrected chi connectivity index (χ1v) is 9.52. The van der Waals surface area contributed by atoms with E-state index >= 15 is 0 Å². The number of amides is 1. The summed E-state index contributed by atoms with van der Waals surface area (Å²) in [6.07, 6.45) is -0.692. The predicted molar refractivity (Wildman–Crippen MR) is 101 cm³/mol. The van der Waals surface area contributed by atoms with E-state index in [0.717, 1.165) is 0 Å². The third-order valence-corrected chi connectivity index (χ3v) is 5.10. The highest BCUT2D eigenvalue weighted by atomic mass is 32.2. The lowest BCUT2D eigenvalue weighted by Crippen LogP contribution is -2.33. The van der Waals surface area contributed by atoms with Crippen LogP contribution < -0.4 is 24.2 Å². The zero-order valence-electron chi connectivity index (χ0n) is 15.5. The molecule has 2 aromatic carbocycles. The van der Waals surface area contributed by atoms with Crippen molar-refractivity contribution in [3.8, 4) is 17.2 Å². The van der Waals surface area contributed by atoms with Crippen LogP contribution in [0, 0.1) is 0 Å². The lowest BCUT2D eigenvalue weighted by Gasteiger charge is -2.14. The van der Waals surface area contributed by atoms with E-state index in [4.69, 9.17) is 14.2 Å². The maximum absolute atomic E-state index is 12.6. The number of hydrogen-bond acceptors (Lipinski definition) is 6. The van der Waals surface area contributed by atoms with Crippen LogP contribution in [-0.2, 0) is 14.8 Å². The number of carbonyl (C=O) groups excluding carboxylic acids is 1. The van der Waals surface area contributed by atoms with E-state index in [1.165, 1.54) is 51.6 Å². The third-order valence-electron chi connectivity index (χ3n) is 3.70. The maximum atomic E-state index is 12.6. The summed E-state index contributed by atoms with van der Waals surface area (Å²) in [7, 11) is 0.670. The SMILES string of the molecule is CNC(=O)[C@@H](C)Oc1ccc(S(=O)(=O)Nc2ccc(OC)c(OC)c2)cc1. The maximum Gasteiger partial charge on any atom is 0.261 e. The van der Waals surface area contributed by atoms with Crippen molar-refractivity contribution in [2.75, 3.05) is 26.0 Å². The summed E-state index contributed by atoms with van der Waals surface area (Å²) >= 11 is 0. The Hall–Kier alpha value is -2.94. The van der Waals surface area contributed by atoms with Crippen LogP contribution in [0.1, 0.15) is 6.92 Å². The molecular weight excluding hydrogens is 372 g/mol. The Kier molecular flexibility index (Phi) is 6.51. The standard InChI is InChI=1S/C18H22N2O6S/c1-12(18(21)19-2)26-14-6-8-15(9-7-14)27(22,23)20-13-5-10-16(24-3)17(11-13)25-4/h5-12,20H,1-4H3,(H,19,21)/t12-/m1/s1. The Balaban J connectivity index is 2.16. The molecule has 0 radical (unpaired) electrons. The molecule has 1 amide bonds. The predicted octanol–water partition coefficient (Wildman–Crippen LogP) is 2.02. The van der Waals surface area contributed by atoms with E-state index in [9.17, 15) is 13.2 Å². The first-order valence-electron chi connectivity index (χ1n) is 8.04. The number of benzene rings is 2. The van der Waals surface area contributed by atoms with Crippen molar-refractivity contribution in [3.05, 3.63) is 42.5 Å². The third kappa shape index (κ3) is 5.04. The largest absolute Gasteiger partial charge is 0.493 e. The van der Waals surface area contributed by atoms with Crippen molar-refractivity contribution in [2.45, 2.75) is 17.9 Å². The van der Waals surface area contributed by atoms with E-state index in [-0.39, 0.29) is 10.8 Å². The second kappa shape index (κ2) is 8.63. The highest BCUT2D eigenvalue weighted by Gasteiger charge is 2.17. The quantitative estimate of drug-likeness (QED) is 0.710. The Bertz CT molecular complexity index is 897. The Morgan fingerprint density at radius 2 is 1.63 bits per heavy atom. The number of anilines is 1. The fourth-order valence-corrected chi connectivity index (χ4v) is 3.32. The molecule has 27 heavy (non-hydrogen) atoms. The van der Waals surface area contributed by atoms with Crippen molar-refractivity contribution in [1.82, 2.24) is 5.32 Å². The van der Waals surface area contributed by atoms with Crippen molar-refractivity contribution >= 4 is 21.6 Å². The van der Waals surface area contributed by atoms with Crippen LogP contribution in [0.4, 0.5) is 5.69 Å². The van der Waals surface area contributed by atoms with Gasteiger partial charge in [0.05, 0.1) is 24.8 Å². The molecular formula is C18H22N2O6S. The fraction of sp³-hybridized carbons (Fsp3) is 0.278. The van der Waals surface area contributed by atoms with E-state index in [1.807, 2.05) is 0 Å². The van der Waals surface area contributed by atoms with Gasteiger partial charge in [0.15, 0.2) is 17.6 Å². The number of rotatable bonds is 8. The number of nitrogens with one attached hydrogen (secondary N) is 2. The van der Waals surface area contributed by atoms with Gasteiger partial charge in [-0.3, -0.25) is 9.52 Å². The molecule has 0 heterocycles. The Morgan fingerprint density at radius 1 is 1.00 bits per heavy atom. The summed E-state index contributed by atoms with van der Waals surface area (Å²) < 4.78 is 43.3. The van der Waals surface area contributed by atoms with Gasteiger partial charge < -0.3 is 19.5 Å². The van der Waals surface area contributed by atoms with Crippen molar-refractivity contribution in [3.63, 3.8) is 0 Å². The smallest absolute Gasteiger partial charge is 0.261 e. The molecule has 2 N–H and O–H groups in total. The van der Waals surface area contributed by atoms with Gasteiger partial charge in [0.25, 0.3) is 15.9 Å². The van der Waals surface area contributed by atoms with Gasteiger partial charge in [0, 0.05) is 13.1 Å². The van der Waals surface area contributed by atoms with Crippen LogP contribution in [0.2, 0.25) is 0 Å². The minimum Gasteiger partial charge on any atom is -0.493 e. The molecule has 8 nitrogen and oxygen atoms in total. The molecule has 0 bridgehead atoms. The number of methoxy groups -OCH3 is 2. The van der Waals surface area contributed by atoms with Gasteiger partial charge in [0.1, 0.15) is 5.75 Å². The van der Waals surface area contributed by atoms with Crippen LogP contribution in [0.5, 0.6) is 17.2 Å². The minimum atomic E-state index is -3.81. The van der Waals surface area contributed by atoms with E-state index < -0.39 is 16.1 Å². The van der Waals surface area contributed by atoms with Crippen molar-refractivity contribution in [1.29, 1.82) is 0 Å². The van der Waals surface area contributed by atoms with Crippen molar-refractivity contribution < 1.29 is 27.4 Å². The number of hydrogen-bond donors (Lipinski definition) is 2. The van der Waals surface area contributed by atoms with Crippen LogP contribution in [0.3, 0.4) is 0 Å². The second-order valence-corrected chi connectivity index (χ2v) is 7.20. The normalized spacial score (nSPS) is 12.0. The zero-order valence-corrected chi connectivity index (χ0v) is 16.3. The van der Waals surface area contributed by atoms with E-state index in [1.54, 1.807) is 19.1 Å². The summed E-state index contributed by atoms with van der Waals surface area (Å²) in [6, 6.07) is 10.5. The summed E-state index contributed by atoms with van der Waals surface area (Å²) in [6.45, 7) is 1.60. The molecule has 0 aliphatic carbocycles. The monoisotopic (exact) mass is 394 g/mol. The molecule has 0 aromatic heterocycles. The molecule has 0 unspecified atom stereocenters. The average molecular weight is 394 g/mol. The average Bonchev–Trinajstić information content (AvgIpc) is 2.67. The number of sulfonamides is 1. The highest BCUT2D eigenvalue weighted by molar-refractivity contribution is 7.92. The second-order valence-electron chi connectivity index (χ2n) is 5.52. The molecule has 146 valence electrons. The number of likely N-dealkylation sites (N-methyl/N-ethyl adjacent to an activating group) is 1. The van der Waals surface area contributed by atoms with Gasteiger partial charge in [-0.2, -0.15) is 0 Å². The molecule has 0 fully saturated rings. The number of carbonyl (C=O) groups is 1. The lowest BCUT2D eigenvalue weighted by atomic mass is 10.3. The summed E-state index contributed by atoms with van der Waals surface area (Å²) in [5, 5.41) is 2.48. The van der Waals surface area contributed by atoms with Gasteiger partial charge in [-0.15, -0.1) is 0 Å². The summed E-state index contributed by atoms with van der Waals surface area (Å²) in [5.41, 5.74) is 0.334. The molecule has 0 saturated heterocycles. The summed E-state index contributed by atoms with van der Waals surface area (Å²) in [4.78, 5) is 11.5. The van der Waals surface area contributed by atoms with Crippen LogP contribution in [0.15, 0.2) is 47.4 Å². The Morgan fingerprint density at radius 3 is 2.19 bits per heavy atom.